The van der Waals surface area contributed by atoms with Crippen molar-refractivity contribution in [3.05, 3.63) is 58.5 Å². The number of anilines is 1. The average Bonchev–Trinajstić information content (AvgIpc) is 3.13. The van der Waals surface area contributed by atoms with Gasteiger partial charge >= 0.3 is 0 Å². The molecule has 37 heavy (non-hydrogen) atoms. The van der Waals surface area contributed by atoms with Gasteiger partial charge in [0.15, 0.2) is 23.1 Å². The van der Waals surface area contributed by atoms with Crippen LogP contribution < -0.4 is 9.64 Å². The monoisotopic (exact) mass is 528 g/mol. The van der Waals surface area contributed by atoms with E-state index in [9.17, 15) is 8.78 Å². The molecule has 0 N–H and O–H groups in total. The van der Waals surface area contributed by atoms with Crippen LogP contribution in [0.3, 0.4) is 0 Å². The van der Waals surface area contributed by atoms with Gasteiger partial charge in [-0.25, -0.2) is 13.8 Å². The Morgan fingerprint density at radius 1 is 1.16 bits per heavy atom. The Balaban J connectivity index is 1.11. The second kappa shape index (κ2) is 8.34. The molecule has 1 saturated carbocycles. The summed E-state index contributed by atoms with van der Waals surface area (Å²) in [5, 5.41) is 9.85. The topological polar surface area (TPSA) is 68.5 Å². The maximum atomic E-state index is 14.9. The van der Waals surface area contributed by atoms with E-state index in [0.717, 1.165) is 54.6 Å². The molecule has 5 heterocycles. The lowest BCUT2D eigenvalue weighted by Crippen LogP contribution is -2.62. The van der Waals surface area contributed by atoms with E-state index < -0.39 is 11.5 Å². The number of aromatic nitrogens is 4. The highest BCUT2D eigenvalue weighted by Gasteiger charge is 2.54. The SMILES string of the molecule is COc1cc(N2CC3(CC(c4nnc5n4-c4ccc(Cl)cc4CN(CC4(F)COC4)C5)C3)C2)ncc1F. The molecule has 2 saturated heterocycles. The fourth-order valence-corrected chi connectivity index (χ4v) is 6.57. The molecular formula is C26H27ClF2N6O2. The van der Waals surface area contributed by atoms with Crippen LogP contribution in [-0.4, -0.2) is 70.3 Å². The summed E-state index contributed by atoms with van der Waals surface area (Å²) in [6, 6.07) is 7.52. The van der Waals surface area contributed by atoms with Crippen molar-refractivity contribution in [1.82, 2.24) is 24.6 Å². The zero-order valence-electron chi connectivity index (χ0n) is 20.5. The first-order chi connectivity index (χ1) is 17.8. The molecule has 0 radical (unpaired) electrons. The number of benzene rings is 1. The summed E-state index contributed by atoms with van der Waals surface area (Å²) in [5.74, 6) is 2.53. The van der Waals surface area contributed by atoms with Gasteiger partial charge in [-0.05, 0) is 36.6 Å². The number of rotatable bonds is 5. The minimum atomic E-state index is -1.32. The van der Waals surface area contributed by atoms with Crippen LogP contribution in [0.4, 0.5) is 14.6 Å². The lowest BCUT2D eigenvalue weighted by molar-refractivity contribution is -0.142. The third kappa shape index (κ3) is 3.88. The molecule has 0 unspecified atom stereocenters. The predicted molar refractivity (Wildman–Crippen MR) is 133 cm³/mol. The van der Waals surface area contributed by atoms with Crippen molar-refractivity contribution >= 4 is 17.4 Å². The normalized spacial score (nSPS) is 21.9. The zero-order chi connectivity index (χ0) is 25.4. The number of nitrogens with zero attached hydrogens (tertiary/aromatic N) is 6. The number of hydrogen-bond donors (Lipinski definition) is 0. The molecule has 194 valence electrons. The van der Waals surface area contributed by atoms with Crippen molar-refractivity contribution < 1.29 is 18.3 Å². The summed E-state index contributed by atoms with van der Waals surface area (Å²) in [4.78, 5) is 8.47. The molecule has 0 atom stereocenters. The quantitative estimate of drug-likeness (QED) is 0.497. The van der Waals surface area contributed by atoms with Gasteiger partial charge in [0, 0.05) is 48.6 Å². The number of methoxy groups -OCH3 is 1. The fraction of sp³-hybridized carbons (Fsp3) is 0.500. The van der Waals surface area contributed by atoms with Gasteiger partial charge in [-0.15, -0.1) is 10.2 Å². The molecule has 11 heteroatoms. The number of fused-ring (bicyclic) bond motifs is 3. The first-order valence-corrected chi connectivity index (χ1v) is 12.9. The van der Waals surface area contributed by atoms with Crippen molar-refractivity contribution in [2.24, 2.45) is 5.41 Å². The van der Waals surface area contributed by atoms with Crippen LogP contribution in [0, 0.1) is 11.2 Å². The van der Waals surface area contributed by atoms with Crippen LogP contribution in [0.25, 0.3) is 5.69 Å². The third-order valence-electron chi connectivity index (χ3n) is 8.15. The van der Waals surface area contributed by atoms with Gasteiger partial charge in [0.1, 0.15) is 11.6 Å². The first kappa shape index (κ1) is 23.3. The standard InChI is InChI=1S/C26H27ClF2N6O2/c1-36-21-5-22(30-8-19(21)28)34-11-25(12-34)6-17(7-25)24-32-31-23-10-33(13-26(29)14-37-15-26)9-16-4-18(27)2-3-20(16)35(23)24/h2-5,8,17H,6-7,9-15H2,1H3. The Morgan fingerprint density at radius 3 is 2.70 bits per heavy atom. The van der Waals surface area contributed by atoms with Crippen LogP contribution in [-0.2, 0) is 17.8 Å². The number of ether oxygens (including phenoxy) is 2. The molecule has 4 aliphatic rings. The Bertz CT molecular complexity index is 1370. The van der Waals surface area contributed by atoms with Crippen molar-refractivity contribution in [3.8, 4) is 11.4 Å². The van der Waals surface area contributed by atoms with Crippen molar-refractivity contribution in [1.29, 1.82) is 0 Å². The van der Waals surface area contributed by atoms with Gasteiger partial charge in [-0.1, -0.05) is 11.6 Å². The molecule has 1 spiro atoms. The predicted octanol–water partition coefficient (Wildman–Crippen LogP) is 3.90. The van der Waals surface area contributed by atoms with E-state index in [1.165, 1.54) is 13.3 Å². The highest BCUT2D eigenvalue weighted by Crippen LogP contribution is 2.56. The summed E-state index contributed by atoms with van der Waals surface area (Å²) in [6.07, 6.45) is 3.21. The summed E-state index contributed by atoms with van der Waals surface area (Å²) < 4.78 is 41.1. The van der Waals surface area contributed by atoms with E-state index in [-0.39, 0.29) is 36.8 Å². The van der Waals surface area contributed by atoms with E-state index in [4.69, 9.17) is 21.1 Å². The Labute approximate surface area is 218 Å². The van der Waals surface area contributed by atoms with E-state index >= 15 is 0 Å². The Hall–Kier alpha value is -2.82. The summed E-state index contributed by atoms with van der Waals surface area (Å²) in [5.41, 5.74) is 0.927. The van der Waals surface area contributed by atoms with Crippen molar-refractivity contribution in [3.63, 3.8) is 0 Å². The van der Waals surface area contributed by atoms with Gasteiger partial charge in [-0.2, -0.15) is 0 Å². The molecule has 7 rings (SSSR count). The van der Waals surface area contributed by atoms with Crippen LogP contribution >= 0.6 is 11.6 Å². The number of hydrogen-bond acceptors (Lipinski definition) is 7. The van der Waals surface area contributed by atoms with E-state index in [1.807, 2.05) is 18.2 Å². The molecule has 1 aromatic carbocycles. The summed E-state index contributed by atoms with van der Waals surface area (Å²) in [7, 11) is 1.46. The Morgan fingerprint density at radius 2 is 1.97 bits per heavy atom. The van der Waals surface area contributed by atoms with Gasteiger partial charge in [0.25, 0.3) is 0 Å². The summed E-state index contributed by atoms with van der Waals surface area (Å²) in [6.45, 7) is 3.37. The van der Waals surface area contributed by atoms with Crippen LogP contribution in [0.1, 0.15) is 36.0 Å². The lowest BCUT2D eigenvalue weighted by Gasteiger charge is -2.59. The molecule has 2 aromatic heterocycles. The highest BCUT2D eigenvalue weighted by molar-refractivity contribution is 6.30. The van der Waals surface area contributed by atoms with E-state index in [2.05, 4.69) is 29.5 Å². The van der Waals surface area contributed by atoms with Crippen molar-refractivity contribution in [2.45, 2.75) is 37.5 Å². The number of alkyl halides is 1. The molecule has 3 aliphatic heterocycles. The maximum Gasteiger partial charge on any atom is 0.183 e. The smallest absolute Gasteiger partial charge is 0.183 e. The molecule has 0 amide bonds. The third-order valence-corrected chi connectivity index (χ3v) is 8.39. The minimum Gasteiger partial charge on any atom is -0.493 e. The van der Waals surface area contributed by atoms with Crippen LogP contribution in [0.2, 0.25) is 5.02 Å². The maximum absolute atomic E-state index is 14.9. The molecule has 0 bridgehead atoms. The largest absolute Gasteiger partial charge is 0.493 e. The van der Waals surface area contributed by atoms with Crippen LogP contribution in [0.5, 0.6) is 5.75 Å². The van der Waals surface area contributed by atoms with Gasteiger partial charge < -0.3 is 14.4 Å². The Kier molecular flexibility index (Phi) is 5.25. The summed E-state index contributed by atoms with van der Waals surface area (Å²) >= 11 is 6.36. The molecule has 3 aromatic rings. The second-order valence-corrected chi connectivity index (χ2v) is 11.4. The first-order valence-electron chi connectivity index (χ1n) is 12.5. The van der Waals surface area contributed by atoms with E-state index in [1.54, 1.807) is 6.07 Å². The van der Waals surface area contributed by atoms with Crippen molar-refractivity contribution in [2.75, 3.05) is 44.9 Å². The molecule has 8 nitrogen and oxygen atoms in total. The second-order valence-electron chi connectivity index (χ2n) is 11.0. The van der Waals surface area contributed by atoms with Crippen LogP contribution in [0.15, 0.2) is 30.5 Å². The minimum absolute atomic E-state index is 0.130. The highest BCUT2D eigenvalue weighted by atomic mass is 35.5. The van der Waals surface area contributed by atoms with Gasteiger partial charge in [-0.3, -0.25) is 9.47 Å². The number of halogens is 3. The van der Waals surface area contributed by atoms with Gasteiger partial charge in [0.05, 0.1) is 38.8 Å². The lowest BCUT2D eigenvalue weighted by atomic mass is 9.57. The average molecular weight is 529 g/mol. The molecule has 3 fully saturated rings. The molecular weight excluding hydrogens is 502 g/mol. The van der Waals surface area contributed by atoms with E-state index in [0.29, 0.717) is 18.1 Å². The number of pyridine rings is 1. The van der Waals surface area contributed by atoms with Gasteiger partial charge in [0.2, 0.25) is 0 Å². The molecule has 1 aliphatic carbocycles. The zero-order valence-corrected chi connectivity index (χ0v) is 21.2. The fourth-order valence-electron chi connectivity index (χ4n) is 6.37.